The molecule has 1 aliphatic carbocycles. The molecule has 2 fully saturated rings. The highest BCUT2D eigenvalue weighted by Crippen LogP contribution is 2.29. The van der Waals surface area contributed by atoms with Crippen LogP contribution in [0.5, 0.6) is 0 Å². The minimum absolute atomic E-state index is 0. The number of nitrogens with one attached hydrogen (secondary N) is 2. The molecule has 6 nitrogen and oxygen atoms in total. The Morgan fingerprint density at radius 2 is 1.72 bits per heavy atom. The Bertz CT molecular complexity index is 764. The van der Waals surface area contributed by atoms with Crippen LogP contribution in [-0.2, 0) is 17.5 Å². The molecule has 1 unspecified atom stereocenters. The van der Waals surface area contributed by atoms with Gasteiger partial charge in [-0.25, -0.2) is 4.99 Å². The van der Waals surface area contributed by atoms with E-state index >= 15 is 0 Å². The number of guanidine groups is 1. The third kappa shape index (κ3) is 8.09. The van der Waals surface area contributed by atoms with Crippen LogP contribution in [0.3, 0.4) is 0 Å². The van der Waals surface area contributed by atoms with Crippen LogP contribution in [0.4, 0.5) is 13.2 Å². The molecule has 1 atom stereocenters. The van der Waals surface area contributed by atoms with Crippen LogP contribution >= 0.6 is 24.0 Å². The Morgan fingerprint density at radius 3 is 2.31 bits per heavy atom. The summed E-state index contributed by atoms with van der Waals surface area (Å²) in [6, 6.07) is 5.93. The number of rotatable bonds is 6. The van der Waals surface area contributed by atoms with Crippen molar-refractivity contribution in [1.29, 1.82) is 0 Å². The van der Waals surface area contributed by atoms with Crippen molar-refractivity contribution in [3.63, 3.8) is 0 Å². The number of aliphatic imine (C=N–C) groups is 1. The predicted molar refractivity (Wildman–Crippen MR) is 130 cm³/mol. The normalized spacial score (nSPS) is 20.2. The first kappa shape index (κ1) is 26.7. The van der Waals surface area contributed by atoms with E-state index in [1.807, 2.05) is 0 Å². The summed E-state index contributed by atoms with van der Waals surface area (Å²) in [5.74, 6) is 0.617. The molecule has 1 aromatic rings. The van der Waals surface area contributed by atoms with Gasteiger partial charge in [0.2, 0.25) is 5.91 Å². The Morgan fingerprint density at radius 1 is 1.09 bits per heavy atom. The molecule has 1 saturated heterocycles. The molecule has 3 rings (SSSR count). The van der Waals surface area contributed by atoms with Gasteiger partial charge in [0.25, 0.3) is 0 Å². The average Bonchev–Trinajstić information content (AvgIpc) is 3.37. The number of hydrogen-bond acceptors (Lipinski definition) is 3. The fraction of sp³-hybridized carbons (Fsp3) is 0.636. The van der Waals surface area contributed by atoms with Crippen molar-refractivity contribution in [3.8, 4) is 0 Å². The molecular weight excluding hydrogens is 534 g/mol. The van der Waals surface area contributed by atoms with E-state index in [2.05, 4.69) is 20.5 Å². The Kier molecular flexibility index (Phi) is 10.1. The maximum atomic E-state index is 12.7. The highest BCUT2D eigenvalue weighted by atomic mass is 127. The highest BCUT2D eigenvalue weighted by molar-refractivity contribution is 14.0. The third-order valence-corrected chi connectivity index (χ3v) is 5.87. The van der Waals surface area contributed by atoms with E-state index in [4.69, 9.17) is 0 Å². The zero-order valence-electron chi connectivity index (χ0n) is 18.6. The van der Waals surface area contributed by atoms with E-state index < -0.39 is 11.7 Å². The molecule has 32 heavy (non-hydrogen) atoms. The number of carbonyl (C=O) groups excluding carboxylic acids is 1. The third-order valence-electron chi connectivity index (χ3n) is 5.87. The summed E-state index contributed by atoms with van der Waals surface area (Å²) >= 11 is 0. The number of likely N-dealkylation sites (tertiary alicyclic amines) is 1. The van der Waals surface area contributed by atoms with Crippen LogP contribution in [0.2, 0.25) is 0 Å². The van der Waals surface area contributed by atoms with Crippen molar-refractivity contribution in [3.05, 3.63) is 35.4 Å². The van der Waals surface area contributed by atoms with Crippen molar-refractivity contribution in [2.75, 3.05) is 33.7 Å². The van der Waals surface area contributed by atoms with Gasteiger partial charge in [0.05, 0.1) is 5.56 Å². The Balaban J connectivity index is 0.00000363. The molecule has 1 aromatic carbocycles. The molecule has 2 N–H and O–H groups in total. The number of carbonyl (C=O) groups is 1. The van der Waals surface area contributed by atoms with Gasteiger partial charge in [-0.3, -0.25) is 9.69 Å². The first-order valence-corrected chi connectivity index (χ1v) is 10.9. The van der Waals surface area contributed by atoms with Crippen LogP contribution in [0, 0.1) is 0 Å². The number of amides is 1. The summed E-state index contributed by atoms with van der Waals surface area (Å²) in [5.41, 5.74) is 0.242. The number of hydrogen-bond donors (Lipinski definition) is 2. The molecular formula is C22H33F3IN5O. The van der Waals surface area contributed by atoms with Gasteiger partial charge in [0, 0.05) is 45.8 Å². The van der Waals surface area contributed by atoms with Crippen molar-refractivity contribution in [1.82, 2.24) is 20.4 Å². The molecule has 1 saturated carbocycles. The highest BCUT2D eigenvalue weighted by Gasteiger charge is 2.30. The minimum atomic E-state index is -4.31. The van der Waals surface area contributed by atoms with Crippen molar-refractivity contribution >= 4 is 35.8 Å². The standard InChI is InChI=1S/C22H32F3N5O.HI/c1-29(2)20(31)13-26-21(27-18-5-3-4-6-18)28-19-11-12-30(15-19)14-16-7-9-17(10-8-16)22(23,24)25;/h7-10,18-19H,3-6,11-15H2,1-2H3,(H2,26,27,28);1H. The monoisotopic (exact) mass is 567 g/mol. The lowest BCUT2D eigenvalue weighted by atomic mass is 10.1. The van der Waals surface area contributed by atoms with Crippen LogP contribution in [0.25, 0.3) is 0 Å². The minimum Gasteiger partial charge on any atom is -0.354 e. The maximum Gasteiger partial charge on any atom is 0.416 e. The number of nitrogens with zero attached hydrogens (tertiary/aromatic N) is 3. The van der Waals surface area contributed by atoms with E-state index in [-0.39, 0.29) is 42.5 Å². The zero-order chi connectivity index (χ0) is 22.4. The van der Waals surface area contributed by atoms with Gasteiger partial charge in [-0.1, -0.05) is 25.0 Å². The van der Waals surface area contributed by atoms with E-state index in [9.17, 15) is 18.0 Å². The van der Waals surface area contributed by atoms with Gasteiger partial charge in [0.1, 0.15) is 6.54 Å². The molecule has 1 heterocycles. The van der Waals surface area contributed by atoms with Crippen molar-refractivity contribution in [2.45, 2.75) is 56.9 Å². The lowest BCUT2D eigenvalue weighted by Gasteiger charge is -2.22. The fourth-order valence-electron chi connectivity index (χ4n) is 4.03. The van der Waals surface area contributed by atoms with E-state index in [0.717, 1.165) is 50.0 Å². The second-order valence-electron chi connectivity index (χ2n) is 8.64. The molecule has 10 heteroatoms. The summed E-state index contributed by atoms with van der Waals surface area (Å²) < 4.78 is 38.2. The second kappa shape index (κ2) is 12.1. The summed E-state index contributed by atoms with van der Waals surface area (Å²) in [7, 11) is 3.43. The number of benzene rings is 1. The SMILES string of the molecule is CN(C)C(=O)CN=C(NC1CCCC1)NC1CCN(Cc2ccc(C(F)(F)F)cc2)C1.I. The Labute approximate surface area is 205 Å². The van der Waals surface area contributed by atoms with Gasteiger partial charge in [0.15, 0.2) is 5.96 Å². The van der Waals surface area contributed by atoms with Crippen molar-refractivity contribution < 1.29 is 18.0 Å². The van der Waals surface area contributed by atoms with Gasteiger partial charge >= 0.3 is 6.18 Å². The fourth-order valence-corrected chi connectivity index (χ4v) is 4.03. The van der Waals surface area contributed by atoms with Crippen LogP contribution < -0.4 is 10.6 Å². The van der Waals surface area contributed by atoms with E-state index in [1.54, 1.807) is 26.2 Å². The predicted octanol–water partition coefficient (Wildman–Crippen LogP) is 3.46. The quantitative estimate of drug-likeness (QED) is 0.314. The first-order chi connectivity index (χ1) is 14.7. The number of halogens is 4. The lowest BCUT2D eigenvalue weighted by molar-refractivity contribution is -0.137. The molecule has 0 aromatic heterocycles. The molecule has 0 spiro atoms. The average molecular weight is 567 g/mol. The van der Waals surface area contributed by atoms with Crippen LogP contribution in [0.15, 0.2) is 29.3 Å². The zero-order valence-corrected chi connectivity index (χ0v) is 21.0. The number of likely N-dealkylation sites (N-methyl/N-ethyl adjacent to an activating group) is 1. The van der Waals surface area contributed by atoms with Gasteiger partial charge in [-0.2, -0.15) is 13.2 Å². The first-order valence-electron chi connectivity index (χ1n) is 10.9. The molecule has 0 bridgehead atoms. The molecule has 1 amide bonds. The van der Waals surface area contributed by atoms with E-state index in [1.165, 1.54) is 17.7 Å². The van der Waals surface area contributed by atoms with Gasteiger partial charge < -0.3 is 15.5 Å². The lowest BCUT2D eigenvalue weighted by Crippen LogP contribution is -2.48. The topological polar surface area (TPSA) is 60.0 Å². The van der Waals surface area contributed by atoms with Gasteiger partial charge in [-0.05, 0) is 37.0 Å². The summed E-state index contributed by atoms with van der Waals surface area (Å²) in [4.78, 5) is 20.2. The largest absolute Gasteiger partial charge is 0.416 e. The molecule has 1 aliphatic heterocycles. The van der Waals surface area contributed by atoms with E-state index in [0.29, 0.717) is 18.5 Å². The van der Waals surface area contributed by atoms with Crippen molar-refractivity contribution in [2.24, 2.45) is 4.99 Å². The molecule has 180 valence electrons. The number of alkyl halides is 3. The second-order valence-corrected chi connectivity index (χ2v) is 8.64. The molecule has 2 aliphatic rings. The van der Waals surface area contributed by atoms with Crippen LogP contribution in [0.1, 0.15) is 43.2 Å². The summed E-state index contributed by atoms with van der Waals surface area (Å²) in [6.07, 6.45) is 1.21. The summed E-state index contributed by atoms with van der Waals surface area (Å²) in [6.45, 7) is 2.33. The Hall–Kier alpha value is -1.56. The smallest absolute Gasteiger partial charge is 0.354 e. The van der Waals surface area contributed by atoms with Gasteiger partial charge in [-0.15, -0.1) is 24.0 Å². The maximum absolute atomic E-state index is 12.7. The molecule has 0 radical (unpaired) electrons. The van der Waals surface area contributed by atoms with Crippen LogP contribution in [-0.4, -0.2) is 67.5 Å². The summed E-state index contributed by atoms with van der Waals surface area (Å²) in [5, 5.41) is 6.92.